The van der Waals surface area contributed by atoms with E-state index in [2.05, 4.69) is 444 Å². The highest BCUT2D eigenvalue weighted by molar-refractivity contribution is 7.00. The van der Waals surface area contributed by atoms with Crippen LogP contribution >= 0.6 is 0 Å². The van der Waals surface area contributed by atoms with Crippen molar-refractivity contribution in [2.24, 2.45) is 0 Å². The van der Waals surface area contributed by atoms with Gasteiger partial charge in [0.25, 0.3) is 6.71 Å². The summed E-state index contributed by atoms with van der Waals surface area (Å²) in [4.78, 5) is 7.97. The van der Waals surface area contributed by atoms with Crippen LogP contribution in [-0.2, 0) is 10.8 Å². The zero-order valence-electron chi connectivity index (χ0n) is 63.9. The predicted octanol–water partition coefficient (Wildman–Crippen LogP) is 28.1. The monoisotopic (exact) mass is 1430 g/mol. The zero-order valence-corrected chi connectivity index (χ0v) is 63.9. The lowest BCUT2D eigenvalue weighted by Crippen LogP contribution is -2.61. The summed E-state index contributed by atoms with van der Waals surface area (Å²) in [7, 11) is 0. The summed E-state index contributed by atoms with van der Waals surface area (Å²) in [5.41, 5.74) is 33.7. The summed E-state index contributed by atoms with van der Waals surface area (Å²) in [5, 5.41) is 7.56. The molecule has 3 nitrogen and oxygen atoms in total. The van der Waals surface area contributed by atoms with Crippen LogP contribution in [0.25, 0.3) is 121 Å². The first-order valence-electron chi connectivity index (χ1n) is 39.3. The molecule has 20 rings (SSSR count). The third-order valence-corrected chi connectivity index (χ3v) is 23.5. The van der Waals surface area contributed by atoms with E-state index >= 15 is 0 Å². The molecule has 18 aromatic rings. The van der Waals surface area contributed by atoms with Crippen LogP contribution in [0, 0.1) is 0 Å². The second-order valence-electron chi connectivity index (χ2n) is 32.3. The zero-order chi connectivity index (χ0) is 75.3. The fourth-order valence-corrected chi connectivity index (χ4v) is 17.8. The molecule has 2 aliphatic heterocycles. The lowest BCUT2D eigenvalue weighted by Gasteiger charge is -2.46. The molecule has 0 N–H and O–H groups in total. The van der Waals surface area contributed by atoms with Crippen molar-refractivity contribution in [2.75, 3.05) is 14.7 Å². The molecule has 0 unspecified atom stereocenters. The van der Waals surface area contributed by atoms with Crippen molar-refractivity contribution in [1.29, 1.82) is 0 Å². The summed E-state index contributed by atoms with van der Waals surface area (Å²) in [6.45, 7) is 13.8. The topological polar surface area (TPSA) is 9.72 Å². The van der Waals surface area contributed by atoms with Gasteiger partial charge in [0.15, 0.2) is 0 Å². The molecule has 2 aliphatic rings. The van der Waals surface area contributed by atoms with E-state index in [-0.39, 0.29) is 17.5 Å². The molecular formula is C108H82BN3. The van der Waals surface area contributed by atoms with Gasteiger partial charge < -0.3 is 14.7 Å². The minimum Gasteiger partial charge on any atom is -0.310 e. The van der Waals surface area contributed by atoms with Crippen LogP contribution in [0.4, 0.5) is 51.2 Å². The SMILES string of the molecule is CC(C)(C)c1cc(-c2ccccc2)c(N2c3ccc(-c4ccccc4)cc3B3c4ccc(-c5ccc6ccc7cccc8ccc5c6c78)cc4N(c4c(-c5ccccc5)cc(C(C)(C)C)cc4-c4ccccc4)c4cc(N(c5ccc(-c6ccccc6)cc5)c5ccc(-c6ccccc6)cc5)cc2c43)c(-c2ccccc2)c1. The third-order valence-electron chi connectivity index (χ3n) is 23.5. The van der Waals surface area contributed by atoms with Gasteiger partial charge in [0, 0.05) is 56.4 Å². The van der Waals surface area contributed by atoms with Gasteiger partial charge in [-0.3, -0.25) is 0 Å². The van der Waals surface area contributed by atoms with E-state index in [0.29, 0.717) is 0 Å². The van der Waals surface area contributed by atoms with E-state index in [4.69, 9.17) is 0 Å². The molecule has 18 aromatic carbocycles. The number of fused-ring (bicyclic) bond motifs is 4. The Morgan fingerprint density at radius 1 is 0.232 bits per heavy atom. The summed E-state index contributed by atoms with van der Waals surface area (Å²) in [6, 6.07) is 147. The highest BCUT2D eigenvalue weighted by Gasteiger charge is 2.47. The molecule has 0 bridgehead atoms. The lowest BCUT2D eigenvalue weighted by molar-refractivity contribution is 0.590. The Morgan fingerprint density at radius 2 is 0.589 bits per heavy atom. The number of nitrogens with zero attached hydrogens (tertiary/aromatic N) is 3. The van der Waals surface area contributed by atoms with Gasteiger partial charge >= 0.3 is 0 Å². The van der Waals surface area contributed by atoms with Gasteiger partial charge in [0.05, 0.1) is 17.1 Å². The molecule has 0 atom stereocenters. The molecule has 532 valence electrons. The Hall–Kier alpha value is -13.5. The van der Waals surface area contributed by atoms with Crippen LogP contribution in [0.5, 0.6) is 0 Å². The summed E-state index contributed by atoms with van der Waals surface area (Å²) in [5.74, 6) is 0. The highest BCUT2D eigenvalue weighted by Crippen LogP contribution is 2.57. The minimum absolute atomic E-state index is 0.219. The van der Waals surface area contributed by atoms with Crippen molar-refractivity contribution in [1.82, 2.24) is 0 Å². The first-order chi connectivity index (χ1) is 54.8. The van der Waals surface area contributed by atoms with E-state index in [0.717, 1.165) is 124 Å². The van der Waals surface area contributed by atoms with Crippen molar-refractivity contribution < 1.29 is 0 Å². The summed E-state index contributed by atoms with van der Waals surface area (Å²) >= 11 is 0. The molecule has 0 radical (unpaired) electrons. The Bertz CT molecular complexity index is 6370. The Balaban J connectivity index is 0.979. The van der Waals surface area contributed by atoms with Crippen LogP contribution in [0.1, 0.15) is 52.7 Å². The molecule has 0 aromatic heterocycles. The number of benzene rings is 18. The highest BCUT2D eigenvalue weighted by atomic mass is 15.2. The second kappa shape index (κ2) is 27.2. The second-order valence-corrected chi connectivity index (χ2v) is 32.3. The predicted molar refractivity (Wildman–Crippen MR) is 480 cm³/mol. The smallest absolute Gasteiger partial charge is 0.252 e. The average molecular weight is 1430 g/mol. The Kier molecular flexibility index (Phi) is 16.5. The molecule has 0 fully saturated rings. The summed E-state index contributed by atoms with van der Waals surface area (Å²) in [6.07, 6.45) is 0. The van der Waals surface area contributed by atoms with Gasteiger partial charge in [-0.15, -0.1) is 0 Å². The van der Waals surface area contributed by atoms with Crippen molar-refractivity contribution in [3.05, 3.63) is 399 Å². The Morgan fingerprint density at radius 3 is 1.02 bits per heavy atom. The van der Waals surface area contributed by atoms with Crippen molar-refractivity contribution in [3.8, 4) is 89.0 Å². The van der Waals surface area contributed by atoms with Crippen molar-refractivity contribution >= 4 is 107 Å². The number of hydrogen-bond donors (Lipinski definition) is 0. The normalized spacial score (nSPS) is 12.5. The molecule has 0 amide bonds. The molecule has 0 spiro atoms. The van der Waals surface area contributed by atoms with Gasteiger partial charge in [-0.2, -0.15) is 0 Å². The molecular weight excluding hydrogens is 1350 g/mol. The molecule has 0 aliphatic carbocycles. The van der Waals surface area contributed by atoms with Crippen LogP contribution in [0.3, 0.4) is 0 Å². The van der Waals surface area contributed by atoms with Gasteiger partial charge in [0.2, 0.25) is 0 Å². The summed E-state index contributed by atoms with van der Waals surface area (Å²) < 4.78 is 0. The molecule has 4 heteroatoms. The average Bonchev–Trinajstić information content (AvgIpc) is 0.685. The van der Waals surface area contributed by atoms with Crippen LogP contribution in [0.15, 0.2) is 388 Å². The fourth-order valence-electron chi connectivity index (χ4n) is 17.8. The van der Waals surface area contributed by atoms with Gasteiger partial charge in [-0.25, -0.2) is 0 Å². The maximum absolute atomic E-state index is 2.74. The van der Waals surface area contributed by atoms with E-state index in [1.54, 1.807) is 0 Å². The lowest BCUT2D eigenvalue weighted by atomic mass is 9.33. The Labute approximate surface area is 657 Å². The molecule has 0 saturated heterocycles. The first-order valence-corrected chi connectivity index (χ1v) is 39.3. The number of rotatable bonds is 13. The van der Waals surface area contributed by atoms with E-state index in [1.165, 1.54) is 76.5 Å². The van der Waals surface area contributed by atoms with Crippen LogP contribution in [-0.4, -0.2) is 6.71 Å². The largest absolute Gasteiger partial charge is 0.310 e. The van der Waals surface area contributed by atoms with Crippen LogP contribution in [0.2, 0.25) is 0 Å². The minimum atomic E-state index is -0.303. The van der Waals surface area contributed by atoms with Gasteiger partial charge in [-0.05, 0) is 210 Å². The van der Waals surface area contributed by atoms with E-state index in [1.807, 2.05) is 0 Å². The van der Waals surface area contributed by atoms with Crippen molar-refractivity contribution in [2.45, 2.75) is 52.4 Å². The number of hydrogen-bond acceptors (Lipinski definition) is 3. The molecule has 112 heavy (non-hydrogen) atoms. The standard InChI is InChI=1S/C108H82BN3/c1-107(2,3)85-65-92(76-35-20-10-21-36-76)105(93(66-85)77-37-22-11-23-38-77)111-98-62-54-83(73-33-18-9-19-34-73)63-97(98)109-96-61-53-84(90-59-51-82-46-45-80-43-28-44-81-52-60-91(90)103(82)102(80)81)64-99(96)112(106-94(78-39-24-12-25-40-78)67-86(108(4,5)6)68-95(106)79-41-26-13-27-42-79)101-70-89(69-100(111)104(101)109)110(87-55-47-74(48-56-87)71-29-14-7-15-30-71)88-57-49-75(50-58-88)72-31-16-8-17-32-72/h7-70H,1-6H3. The maximum atomic E-state index is 2.74. The van der Waals surface area contributed by atoms with Crippen molar-refractivity contribution in [3.63, 3.8) is 0 Å². The quantitative estimate of drug-likeness (QED) is 0.0841. The first kappa shape index (κ1) is 67.8. The molecule has 0 saturated carbocycles. The van der Waals surface area contributed by atoms with E-state index < -0.39 is 0 Å². The van der Waals surface area contributed by atoms with Gasteiger partial charge in [0.1, 0.15) is 0 Å². The maximum Gasteiger partial charge on any atom is 0.252 e. The fraction of sp³-hybridized carbons (Fsp3) is 0.0741. The third kappa shape index (κ3) is 11.8. The van der Waals surface area contributed by atoms with Gasteiger partial charge in [-0.1, -0.05) is 357 Å². The van der Waals surface area contributed by atoms with Crippen LogP contribution < -0.4 is 31.1 Å². The molecule has 2 heterocycles. The number of anilines is 9. The van der Waals surface area contributed by atoms with E-state index in [9.17, 15) is 0 Å².